The predicted molar refractivity (Wildman–Crippen MR) is 67.8 cm³/mol. The Morgan fingerprint density at radius 3 is 1.69 bits per heavy atom. The molecule has 0 bridgehead atoms. The molecular weight excluding hydrogens is 248 g/mol. The SMILES string of the molecule is CCCC(OC(=O)C(C)S)OC(=O)C(C)S. The second kappa shape index (κ2) is 7.84. The lowest BCUT2D eigenvalue weighted by Gasteiger charge is -2.19. The summed E-state index contributed by atoms with van der Waals surface area (Å²) in [6, 6.07) is 0. The molecule has 0 aliphatic rings. The van der Waals surface area contributed by atoms with Crippen molar-refractivity contribution in [3.8, 4) is 0 Å². The number of hydrogen-bond donors (Lipinski definition) is 2. The number of esters is 2. The molecule has 0 fully saturated rings. The highest BCUT2D eigenvalue weighted by Gasteiger charge is 2.21. The van der Waals surface area contributed by atoms with E-state index in [0.29, 0.717) is 6.42 Å². The molecule has 0 spiro atoms. The first kappa shape index (κ1) is 15.6. The standard InChI is InChI=1S/C10H18O4S2/c1-4-5-8(13-9(11)6(2)15)14-10(12)7(3)16/h6-8,15-16H,4-5H2,1-3H3. The van der Waals surface area contributed by atoms with Crippen LogP contribution in [0.3, 0.4) is 0 Å². The lowest BCUT2D eigenvalue weighted by atomic mass is 10.3. The van der Waals surface area contributed by atoms with Crippen molar-refractivity contribution in [2.24, 2.45) is 0 Å². The van der Waals surface area contributed by atoms with Crippen LogP contribution < -0.4 is 0 Å². The van der Waals surface area contributed by atoms with Crippen LogP contribution >= 0.6 is 25.3 Å². The minimum Gasteiger partial charge on any atom is -0.424 e. The Kier molecular flexibility index (Phi) is 7.66. The van der Waals surface area contributed by atoms with Gasteiger partial charge in [-0.15, -0.1) is 0 Å². The summed E-state index contributed by atoms with van der Waals surface area (Å²) in [5.74, 6) is -0.997. The summed E-state index contributed by atoms with van der Waals surface area (Å²) in [4.78, 5) is 22.5. The van der Waals surface area contributed by atoms with Gasteiger partial charge in [0.1, 0.15) is 0 Å². The molecule has 0 aliphatic heterocycles. The molecule has 0 aromatic carbocycles. The first-order valence-corrected chi connectivity index (χ1v) is 6.18. The van der Waals surface area contributed by atoms with Crippen molar-refractivity contribution < 1.29 is 19.1 Å². The van der Waals surface area contributed by atoms with E-state index >= 15 is 0 Å². The van der Waals surface area contributed by atoms with E-state index in [0.717, 1.165) is 6.42 Å². The summed E-state index contributed by atoms with van der Waals surface area (Å²) in [5.41, 5.74) is 0. The second-order valence-corrected chi connectivity index (χ2v) is 4.99. The largest absolute Gasteiger partial charge is 0.424 e. The minimum absolute atomic E-state index is 0.471. The molecule has 0 aliphatic carbocycles. The van der Waals surface area contributed by atoms with Crippen LogP contribution in [0.15, 0.2) is 0 Å². The highest BCUT2D eigenvalue weighted by Crippen LogP contribution is 2.10. The maximum absolute atomic E-state index is 11.3. The van der Waals surface area contributed by atoms with Gasteiger partial charge >= 0.3 is 11.9 Å². The molecule has 0 heterocycles. The topological polar surface area (TPSA) is 52.6 Å². The van der Waals surface area contributed by atoms with Crippen LogP contribution in [0, 0.1) is 0 Å². The smallest absolute Gasteiger partial charge is 0.321 e. The molecule has 0 radical (unpaired) electrons. The van der Waals surface area contributed by atoms with Gasteiger partial charge in [0.25, 0.3) is 0 Å². The van der Waals surface area contributed by atoms with Gasteiger partial charge in [-0.25, -0.2) is 0 Å². The zero-order chi connectivity index (χ0) is 12.7. The zero-order valence-corrected chi connectivity index (χ0v) is 11.5. The van der Waals surface area contributed by atoms with Crippen LogP contribution in [0.4, 0.5) is 0 Å². The minimum atomic E-state index is -0.839. The van der Waals surface area contributed by atoms with Crippen molar-refractivity contribution in [2.45, 2.75) is 50.4 Å². The van der Waals surface area contributed by atoms with Crippen molar-refractivity contribution in [1.29, 1.82) is 0 Å². The highest BCUT2D eigenvalue weighted by molar-refractivity contribution is 7.82. The molecule has 2 unspecified atom stereocenters. The van der Waals surface area contributed by atoms with Crippen LogP contribution in [-0.2, 0) is 19.1 Å². The Morgan fingerprint density at radius 2 is 1.44 bits per heavy atom. The Labute approximate surface area is 107 Å². The van der Waals surface area contributed by atoms with Gasteiger partial charge in [0.05, 0.1) is 10.5 Å². The third-order valence-electron chi connectivity index (χ3n) is 1.70. The molecule has 0 aromatic rings. The average molecular weight is 266 g/mol. The number of ether oxygens (including phenoxy) is 2. The third-order valence-corrected chi connectivity index (χ3v) is 2.12. The van der Waals surface area contributed by atoms with Gasteiger partial charge in [0.15, 0.2) is 0 Å². The van der Waals surface area contributed by atoms with E-state index < -0.39 is 28.7 Å². The van der Waals surface area contributed by atoms with E-state index in [2.05, 4.69) is 25.3 Å². The summed E-state index contributed by atoms with van der Waals surface area (Å²) in [6.07, 6.45) is 0.375. The van der Waals surface area contributed by atoms with Gasteiger partial charge < -0.3 is 9.47 Å². The fourth-order valence-electron chi connectivity index (χ4n) is 0.834. The Hall–Kier alpha value is -0.360. The van der Waals surface area contributed by atoms with Crippen molar-refractivity contribution in [1.82, 2.24) is 0 Å². The number of rotatable bonds is 6. The van der Waals surface area contributed by atoms with E-state index in [4.69, 9.17) is 9.47 Å². The highest BCUT2D eigenvalue weighted by atomic mass is 32.1. The second-order valence-electron chi connectivity index (χ2n) is 3.44. The van der Waals surface area contributed by atoms with Gasteiger partial charge in [-0.1, -0.05) is 6.92 Å². The maximum atomic E-state index is 11.3. The maximum Gasteiger partial charge on any atom is 0.321 e. The van der Waals surface area contributed by atoms with Crippen LogP contribution in [-0.4, -0.2) is 28.7 Å². The summed E-state index contributed by atoms with van der Waals surface area (Å²) < 4.78 is 9.96. The lowest BCUT2D eigenvalue weighted by molar-refractivity contribution is -0.187. The van der Waals surface area contributed by atoms with E-state index in [9.17, 15) is 9.59 Å². The Balaban J connectivity index is 4.27. The van der Waals surface area contributed by atoms with E-state index in [-0.39, 0.29) is 0 Å². The molecule has 4 nitrogen and oxygen atoms in total. The molecule has 94 valence electrons. The third kappa shape index (κ3) is 6.27. The summed E-state index contributed by atoms with van der Waals surface area (Å²) in [7, 11) is 0. The quantitative estimate of drug-likeness (QED) is 0.437. The molecule has 0 rings (SSSR count). The molecule has 2 atom stereocenters. The van der Waals surface area contributed by atoms with E-state index in [1.807, 2.05) is 6.92 Å². The van der Waals surface area contributed by atoms with Crippen molar-refractivity contribution in [2.75, 3.05) is 0 Å². The molecule has 0 amide bonds. The Morgan fingerprint density at radius 1 is 1.06 bits per heavy atom. The first-order chi connectivity index (χ1) is 7.38. The molecular formula is C10H18O4S2. The van der Waals surface area contributed by atoms with Crippen LogP contribution in [0.5, 0.6) is 0 Å². The van der Waals surface area contributed by atoms with Crippen LogP contribution in [0.1, 0.15) is 33.6 Å². The zero-order valence-electron chi connectivity index (χ0n) is 9.67. The Bertz CT molecular complexity index is 219. The number of carbonyl (C=O) groups is 2. The lowest BCUT2D eigenvalue weighted by Crippen LogP contribution is -2.30. The summed E-state index contributed by atoms with van der Waals surface area (Å²) >= 11 is 7.87. The van der Waals surface area contributed by atoms with Gasteiger partial charge in [-0.2, -0.15) is 25.3 Å². The van der Waals surface area contributed by atoms with Crippen LogP contribution in [0.25, 0.3) is 0 Å². The summed E-state index contributed by atoms with van der Waals surface area (Å²) in [5, 5.41) is -1.07. The van der Waals surface area contributed by atoms with Crippen LogP contribution in [0.2, 0.25) is 0 Å². The number of carbonyl (C=O) groups excluding carboxylic acids is 2. The molecule has 0 saturated heterocycles. The van der Waals surface area contributed by atoms with Crippen molar-refractivity contribution >= 4 is 37.2 Å². The number of hydrogen-bond acceptors (Lipinski definition) is 6. The summed E-state index contributed by atoms with van der Waals surface area (Å²) in [6.45, 7) is 5.10. The van der Waals surface area contributed by atoms with Gasteiger partial charge in [-0.05, 0) is 20.3 Å². The van der Waals surface area contributed by atoms with Crippen molar-refractivity contribution in [3.05, 3.63) is 0 Å². The van der Waals surface area contributed by atoms with E-state index in [1.165, 1.54) is 0 Å². The van der Waals surface area contributed by atoms with Gasteiger partial charge in [0, 0.05) is 6.42 Å². The molecule has 6 heteroatoms. The normalized spacial score (nSPS) is 16.1. The fourth-order valence-corrected chi connectivity index (χ4v) is 0.955. The van der Waals surface area contributed by atoms with Gasteiger partial charge in [-0.3, -0.25) is 9.59 Å². The van der Waals surface area contributed by atoms with E-state index in [1.54, 1.807) is 13.8 Å². The van der Waals surface area contributed by atoms with Crippen molar-refractivity contribution in [3.63, 3.8) is 0 Å². The average Bonchev–Trinajstić information content (AvgIpc) is 2.17. The first-order valence-electron chi connectivity index (χ1n) is 5.15. The molecule has 0 saturated carbocycles. The predicted octanol–water partition coefficient (Wildman–Crippen LogP) is 1.84. The molecule has 0 N–H and O–H groups in total. The molecule has 16 heavy (non-hydrogen) atoms. The number of thiol groups is 2. The monoisotopic (exact) mass is 266 g/mol. The van der Waals surface area contributed by atoms with Gasteiger partial charge in [0.2, 0.25) is 6.29 Å². The molecule has 0 aromatic heterocycles. The fraction of sp³-hybridized carbons (Fsp3) is 0.800.